The first-order valence-corrected chi connectivity index (χ1v) is 12.0. The van der Waals surface area contributed by atoms with Crippen molar-refractivity contribution in [2.24, 2.45) is 5.41 Å². The molecule has 168 valence electrons. The van der Waals surface area contributed by atoms with Crippen LogP contribution in [0.5, 0.6) is 0 Å². The van der Waals surface area contributed by atoms with Gasteiger partial charge >= 0.3 is 0 Å². The minimum Gasteiger partial charge on any atom is -0.381 e. The number of fused-ring (bicyclic) bond motifs is 2. The summed E-state index contributed by atoms with van der Waals surface area (Å²) < 4.78 is 21.9. The summed E-state index contributed by atoms with van der Waals surface area (Å²) in [4.78, 5) is 11.8. The fourth-order valence-electron chi connectivity index (χ4n) is 6.70. The van der Waals surface area contributed by atoms with Gasteiger partial charge in [0.15, 0.2) is 0 Å². The van der Waals surface area contributed by atoms with Gasteiger partial charge in [-0.1, -0.05) is 0 Å². The summed E-state index contributed by atoms with van der Waals surface area (Å²) >= 11 is 0. The molecule has 7 rings (SSSR count). The van der Waals surface area contributed by atoms with Crippen molar-refractivity contribution in [1.29, 1.82) is 0 Å². The van der Waals surface area contributed by atoms with Crippen molar-refractivity contribution in [3.05, 3.63) is 59.7 Å². The van der Waals surface area contributed by atoms with Crippen molar-refractivity contribution in [2.45, 2.75) is 50.4 Å². The number of Topliss-reactive ketones (excluding diaryl/α,β-unsaturated/α-hetero) is 1. The second kappa shape index (κ2) is 7.00. The average molecular weight is 444 g/mol. The second-order valence-corrected chi connectivity index (χ2v) is 10.3. The van der Waals surface area contributed by atoms with Crippen LogP contribution in [0.4, 0.5) is 4.39 Å². The van der Waals surface area contributed by atoms with Crippen LogP contribution in [0.15, 0.2) is 42.6 Å². The summed E-state index contributed by atoms with van der Waals surface area (Å²) in [6, 6.07) is 11.3. The Morgan fingerprint density at radius 3 is 2.55 bits per heavy atom. The Bertz CT molecular complexity index is 1380. The average Bonchev–Trinajstić information content (AvgIpc) is 3.37. The fraction of sp³-hybridized carbons (Fsp3) is 0.407. The Kier molecular flexibility index (Phi) is 4.13. The molecule has 3 heterocycles. The number of aromatic nitrogens is 3. The maximum absolute atomic E-state index is 13.8. The van der Waals surface area contributed by atoms with Gasteiger partial charge in [-0.15, -0.1) is 0 Å². The zero-order valence-electron chi connectivity index (χ0n) is 18.4. The number of H-pyrrole nitrogens is 1. The van der Waals surface area contributed by atoms with Crippen molar-refractivity contribution >= 4 is 27.6 Å². The lowest BCUT2D eigenvalue weighted by molar-refractivity contribution is -0.139. The summed E-state index contributed by atoms with van der Waals surface area (Å²) in [6.45, 7) is 1.53. The molecule has 0 amide bonds. The van der Waals surface area contributed by atoms with Crippen LogP contribution in [0.3, 0.4) is 0 Å². The van der Waals surface area contributed by atoms with Crippen LogP contribution < -0.4 is 0 Å². The number of carbonyl (C=O) groups excluding carboxylic acids is 1. The van der Waals surface area contributed by atoms with E-state index in [9.17, 15) is 9.18 Å². The topological polar surface area (TPSA) is 59.9 Å². The lowest BCUT2D eigenvalue weighted by Gasteiger charge is -2.53. The van der Waals surface area contributed by atoms with Gasteiger partial charge in [0.05, 0.1) is 17.2 Å². The lowest BCUT2D eigenvalue weighted by Crippen LogP contribution is -2.47. The number of nitrogens with zero attached hydrogens (tertiary/aromatic N) is 2. The first kappa shape index (κ1) is 19.5. The third-order valence-electron chi connectivity index (χ3n) is 8.21. The van der Waals surface area contributed by atoms with Crippen LogP contribution in [0.2, 0.25) is 0 Å². The largest absolute Gasteiger partial charge is 0.381 e. The fourth-order valence-corrected chi connectivity index (χ4v) is 6.70. The van der Waals surface area contributed by atoms with Gasteiger partial charge in [0.25, 0.3) is 0 Å². The molecule has 0 unspecified atom stereocenters. The molecule has 2 aromatic heterocycles. The number of benzene rings is 2. The zero-order valence-corrected chi connectivity index (χ0v) is 18.4. The molecular weight excluding hydrogens is 417 g/mol. The molecule has 0 atom stereocenters. The number of halogens is 1. The molecule has 1 N–H and O–H groups in total. The zero-order chi connectivity index (χ0) is 22.2. The molecule has 2 aliphatic carbocycles. The number of nitrogens with one attached hydrogen (secondary N) is 1. The van der Waals surface area contributed by atoms with Gasteiger partial charge in [0, 0.05) is 54.1 Å². The molecule has 3 fully saturated rings. The van der Waals surface area contributed by atoms with E-state index >= 15 is 0 Å². The maximum atomic E-state index is 13.8. The van der Waals surface area contributed by atoms with E-state index in [1.165, 1.54) is 16.6 Å². The summed E-state index contributed by atoms with van der Waals surface area (Å²) in [7, 11) is 0. The maximum Gasteiger partial charge on any atom is 0.134 e. The monoisotopic (exact) mass is 443 g/mol. The van der Waals surface area contributed by atoms with E-state index in [0.717, 1.165) is 73.8 Å². The number of hydrogen-bond donors (Lipinski definition) is 1. The second-order valence-electron chi connectivity index (χ2n) is 10.3. The number of aromatic amines is 1. The predicted molar refractivity (Wildman–Crippen MR) is 124 cm³/mol. The van der Waals surface area contributed by atoms with E-state index in [0.29, 0.717) is 17.6 Å². The van der Waals surface area contributed by atoms with Crippen LogP contribution in [0, 0.1) is 11.2 Å². The van der Waals surface area contributed by atoms with Crippen molar-refractivity contribution in [3.63, 3.8) is 0 Å². The normalized spacial score (nSPS) is 21.1. The highest BCUT2D eigenvalue weighted by molar-refractivity contribution is 5.99. The van der Waals surface area contributed by atoms with E-state index in [1.54, 1.807) is 12.1 Å². The molecule has 1 aliphatic heterocycles. The number of ether oxygens (including phenoxy) is 1. The molecular formula is C27H26FN3O2. The summed E-state index contributed by atoms with van der Waals surface area (Å²) in [5.41, 5.74) is 6.18. The first-order valence-electron chi connectivity index (χ1n) is 12.0. The third-order valence-corrected chi connectivity index (χ3v) is 8.21. The van der Waals surface area contributed by atoms with Gasteiger partial charge in [-0.05, 0) is 79.0 Å². The van der Waals surface area contributed by atoms with Gasteiger partial charge in [-0.2, -0.15) is 5.10 Å². The number of hydrogen-bond acceptors (Lipinski definition) is 3. The van der Waals surface area contributed by atoms with Gasteiger partial charge in [-0.25, -0.2) is 4.39 Å². The van der Waals surface area contributed by atoms with Crippen molar-refractivity contribution in [3.8, 4) is 5.69 Å². The molecule has 2 saturated carbocycles. The molecule has 6 heteroatoms. The van der Waals surface area contributed by atoms with E-state index in [4.69, 9.17) is 4.74 Å². The van der Waals surface area contributed by atoms with Gasteiger partial charge in [0.2, 0.25) is 0 Å². The molecule has 0 radical (unpaired) electrons. The van der Waals surface area contributed by atoms with E-state index < -0.39 is 0 Å². The van der Waals surface area contributed by atoms with Crippen molar-refractivity contribution < 1.29 is 13.9 Å². The molecule has 1 saturated heterocycles. The highest BCUT2D eigenvalue weighted by Crippen LogP contribution is 2.62. The molecule has 1 spiro atoms. The Hall–Kier alpha value is -2.99. The van der Waals surface area contributed by atoms with Gasteiger partial charge < -0.3 is 9.30 Å². The Morgan fingerprint density at radius 2 is 1.82 bits per heavy atom. The van der Waals surface area contributed by atoms with Crippen LogP contribution >= 0.6 is 0 Å². The van der Waals surface area contributed by atoms with Gasteiger partial charge in [0.1, 0.15) is 11.6 Å². The quantitative estimate of drug-likeness (QED) is 0.438. The SMILES string of the molecule is O=C1CC2(C1)CC(c1c(C3CCOCC3)n(-c3ccc(F)cc3)c3cc4cn[nH]c4cc13)C2. The minimum absolute atomic E-state index is 0.226. The smallest absolute Gasteiger partial charge is 0.134 e. The van der Waals surface area contributed by atoms with E-state index in [-0.39, 0.29) is 11.2 Å². The van der Waals surface area contributed by atoms with Crippen LogP contribution in [-0.4, -0.2) is 33.8 Å². The van der Waals surface area contributed by atoms with Crippen LogP contribution in [0.1, 0.15) is 61.6 Å². The summed E-state index contributed by atoms with van der Waals surface area (Å²) in [5, 5.41) is 9.72. The minimum atomic E-state index is -0.226. The summed E-state index contributed by atoms with van der Waals surface area (Å²) in [6.07, 6.45) is 7.50. The molecule has 4 aromatic rings. The van der Waals surface area contributed by atoms with E-state index in [2.05, 4.69) is 26.9 Å². The lowest BCUT2D eigenvalue weighted by atomic mass is 9.50. The molecule has 2 aromatic carbocycles. The Labute approximate surface area is 190 Å². The van der Waals surface area contributed by atoms with Crippen molar-refractivity contribution in [1.82, 2.24) is 14.8 Å². The third kappa shape index (κ3) is 2.93. The Balaban J connectivity index is 1.48. The number of ketones is 1. The molecule has 5 nitrogen and oxygen atoms in total. The van der Waals surface area contributed by atoms with E-state index in [1.807, 2.05) is 18.3 Å². The molecule has 3 aliphatic rings. The summed E-state index contributed by atoms with van der Waals surface area (Å²) in [5.74, 6) is 1.02. The Morgan fingerprint density at radius 1 is 1.06 bits per heavy atom. The van der Waals surface area contributed by atoms with Crippen LogP contribution in [0.25, 0.3) is 27.5 Å². The predicted octanol–water partition coefficient (Wildman–Crippen LogP) is 5.77. The highest BCUT2D eigenvalue weighted by Gasteiger charge is 2.54. The standard InChI is InChI=1S/C27H26FN3O2/c28-19-1-3-20(4-2-19)31-24-9-17-15-29-30-23(17)10-22(24)25(26(31)16-5-7-33-8-6-16)18-11-27(12-18)13-21(32)14-27/h1-4,9-10,15-16,18H,5-8,11-14H2,(H,29,30). The molecule has 33 heavy (non-hydrogen) atoms. The number of carbonyl (C=O) groups is 1. The number of rotatable bonds is 3. The van der Waals surface area contributed by atoms with Crippen LogP contribution in [-0.2, 0) is 9.53 Å². The van der Waals surface area contributed by atoms with Crippen molar-refractivity contribution in [2.75, 3.05) is 13.2 Å². The first-order chi connectivity index (χ1) is 16.1. The molecule has 0 bridgehead atoms. The highest BCUT2D eigenvalue weighted by atomic mass is 19.1. The van der Waals surface area contributed by atoms with Gasteiger partial charge in [-0.3, -0.25) is 9.89 Å².